The Morgan fingerprint density at radius 1 is 0.449 bits per heavy atom. The summed E-state index contributed by atoms with van der Waals surface area (Å²) in [4.78, 5) is 65.0. The van der Waals surface area contributed by atoms with E-state index >= 15 is 0 Å². The second-order valence-electron chi connectivity index (χ2n) is 24.9. The number of nitrogens with one attached hydrogen (secondary N) is 5. The fraction of sp³-hybridized carbons (Fsp3) is 0.790. The van der Waals surface area contributed by atoms with Gasteiger partial charge >= 0.3 is 0 Å². The second-order valence-corrected chi connectivity index (χ2v) is 24.9. The molecule has 6 heterocycles. The second kappa shape index (κ2) is 37.7. The average molecular weight is 1410 g/mol. The number of ether oxygens (including phenoxy) is 12. The average Bonchev–Trinajstić information content (AvgIpc) is 0.771. The lowest BCUT2D eigenvalue weighted by Crippen LogP contribution is -2.72. The summed E-state index contributed by atoms with van der Waals surface area (Å²) < 4.78 is 71.9. The number of carbonyl (C=O) groups excluding carboxylic acids is 5. The van der Waals surface area contributed by atoms with Gasteiger partial charge in [-0.25, -0.2) is 0 Å². The van der Waals surface area contributed by atoms with Gasteiger partial charge < -0.3 is 155 Å². The van der Waals surface area contributed by atoms with Crippen molar-refractivity contribution in [2.45, 2.75) is 270 Å². The van der Waals surface area contributed by atoms with E-state index in [0.29, 0.717) is 18.6 Å². The van der Waals surface area contributed by atoms with Crippen molar-refractivity contribution in [2.75, 3.05) is 39.6 Å². The van der Waals surface area contributed by atoms with Gasteiger partial charge in [0.1, 0.15) is 146 Å². The maximum Gasteiger partial charge on any atom is 0.251 e. The normalized spacial score (nSPS) is 39.6. The van der Waals surface area contributed by atoms with Crippen LogP contribution in [-0.4, -0.2) is 325 Å². The number of amides is 5. The van der Waals surface area contributed by atoms with Crippen LogP contribution in [0.3, 0.4) is 0 Å². The van der Waals surface area contributed by atoms with E-state index in [-0.39, 0.29) is 12.2 Å². The molecule has 1 aromatic rings. The Morgan fingerprint density at radius 3 is 1.34 bits per heavy atom. The van der Waals surface area contributed by atoms with Gasteiger partial charge in [-0.05, 0) is 38.0 Å². The number of rotatable bonds is 29. The summed E-state index contributed by atoms with van der Waals surface area (Å²) in [6, 6.07) is -2.60. The lowest BCUT2D eigenvalue weighted by atomic mass is 9.93. The molecule has 16 unspecified atom stereocenters. The highest BCUT2D eigenvalue weighted by Crippen LogP contribution is 2.37. The SMILES string of the molecule is CCCCCCC#CCCCOc1cccc(C(=O)N[C@H]2C(O)[C@H](O)C(CO)O[C@H]2O[C@@H]2C(CO)OC(OC3C(CO)O[C@@H](O[C@@H]4C(CO)OC(OC5C(CO[C@@H]6OC(C)[C@@H](O)C(O)[C@H]6O)O[C@@H](O)[C@@H](NC(C)=O)[C@H]5O)C(NC(C)=O)C4O)[C@@H](NC(C)=O)[C@H]3O)C(NC(C)=O)C2O)c1. The monoisotopic (exact) mass is 1410 g/mol. The predicted octanol–water partition coefficient (Wildman–Crippen LogP) is -7.93. The minimum atomic E-state index is -2.08. The van der Waals surface area contributed by atoms with Crippen LogP contribution in [0.1, 0.15) is 96.8 Å². The number of aliphatic hydroxyl groups excluding tert-OH is 14. The van der Waals surface area contributed by atoms with Crippen LogP contribution in [0.15, 0.2) is 24.3 Å². The maximum absolute atomic E-state index is 13.9. The largest absolute Gasteiger partial charge is 0.494 e. The van der Waals surface area contributed by atoms with E-state index < -0.39 is 246 Å². The summed E-state index contributed by atoms with van der Waals surface area (Å²) in [7, 11) is 0. The van der Waals surface area contributed by atoms with Gasteiger partial charge in [-0.15, -0.1) is 11.8 Å². The third kappa shape index (κ3) is 20.4. The molecule has 0 bridgehead atoms. The summed E-state index contributed by atoms with van der Waals surface area (Å²) in [5, 5.41) is 168. The van der Waals surface area contributed by atoms with Gasteiger partial charge in [0.05, 0.1) is 45.7 Å². The molecule has 0 radical (unpaired) electrons. The molecule has 6 saturated heterocycles. The first-order chi connectivity index (χ1) is 46.7. The van der Waals surface area contributed by atoms with Crippen molar-refractivity contribution in [1.29, 1.82) is 0 Å². The van der Waals surface area contributed by atoms with Crippen LogP contribution in [0.4, 0.5) is 0 Å². The number of carbonyl (C=O) groups is 5. The van der Waals surface area contributed by atoms with Gasteiger partial charge in [-0.2, -0.15) is 0 Å². The van der Waals surface area contributed by atoms with Gasteiger partial charge in [-0.3, -0.25) is 24.0 Å². The van der Waals surface area contributed by atoms with Gasteiger partial charge in [0.25, 0.3) is 5.91 Å². The van der Waals surface area contributed by atoms with Crippen molar-refractivity contribution in [1.82, 2.24) is 26.6 Å². The molecular weight excluding hydrogens is 1310 g/mol. The summed E-state index contributed by atoms with van der Waals surface area (Å²) >= 11 is 0. The van der Waals surface area contributed by atoms with E-state index in [0.717, 1.165) is 59.8 Å². The molecule has 6 fully saturated rings. The first kappa shape index (κ1) is 80.2. The first-order valence-corrected chi connectivity index (χ1v) is 32.6. The Hall–Kier alpha value is -5.07. The molecule has 0 spiro atoms. The Labute approximate surface area is 564 Å². The van der Waals surface area contributed by atoms with Crippen molar-refractivity contribution < 1.29 is 152 Å². The zero-order valence-corrected chi connectivity index (χ0v) is 55.0. The first-order valence-electron chi connectivity index (χ1n) is 32.6. The molecule has 36 nitrogen and oxygen atoms in total. The highest BCUT2D eigenvalue weighted by Gasteiger charge is 2.58. The third-order valence-electron chi connectivity index (χ3n) is 17.4. The molecule has 19 N–H and O–H groups in total. The predicted molar refractivity (Wildman–Crippen MR) is 327 cm³/mol. The summed E-state index contributed by atoms with van der Waals surface area (Å²) in [6.45, 7) is 3.20. The van der Waals surface area contributed by atoms with Crippen molar-refractivity contribution in [2.24, 2.45) is 0 Å². The van der Waals surface area contributed by atoms with Crippen LogP contribution in [0.5, 0.6) is 5.75 Å². The van der Waals surface area contributed by atoms with Crippen LogP contribution >= 0.6 is 0 Å². The quantitative estimate of drug-likeness (QED) is 0.0262. The molecule has 1 aromatic carbocycles. The molecule has 36 heteroatoms. The Kier molecular flexibility index (Phi) is 30.9. The Balaban J connectivity index is 1.07. The Morgan fingerprint density at radius 2 is 0.878 bits per heavy atom. The fourth-order valence-electron chi connectivity index (χ4n) is 12.3. The molecular formula is C62H97N5O31. The highest BCUT2D eigenvalue weighted by molar-refractivity contribution is 5.94. The minimum Gasteiger partial charge on any atom is -0.494 e. The zero-order chi connectivity index (χ0) is 71.8. The number of hydrogen-bond donors (Lipinski definition) is 19. The van der Waals surface area contributed by atoms with E-state index in [1.165, 1.54) is 19.1 Å². The molecule has 98 heavy (non-hydrogen) atoms. The van der Waals surface area contributed by atoms with Crippen molar-refractivity contribution in [3.05, 3.63) is 29.8 Å². The maximum atomic E-state index is 13.9. The summed E-state index contributed by atoms with van der Waals surface area (Å²) in [6.07, 6.45) is -38.5. The molecule has 0 aliphatic carbocycles. The topological polar surface area (TPSA) is 539 Å². The van der Waals surface area contributed by atoms with E-state index in [4.69, 9.17) is 56.8 Å². The van der Waals surface area contributed by atoms with Crippen LogP contribution < -0.4 is 31.3 Å². The summed E-state index contributed by atoms with van der Waals surface area (Å²) in [5.74, 6) is 2.53. The van der Waals surface area contributed by atoms with Crippen molar-refractivity contribution in [3.8, 4) is 17.6 Å². The van der Waals surface area contributed by atoms with Crippen LogP contribution in [0.25, 0.3) is 0 Å². The van der Waals surface area contributed by atoms with Crippen LogP contribution in [0.2, 0.25) is 0 Å². The van der Waals surface area contributed by atoms with Crippen LogP contribution in [0, 0.1) is 11.8 Å². The third-order valence-corrected chi connectivity index (χ3v) is 17.4. The van der Waals surface area contributed by atoms with E-state index in [9.17, 15) is 95.5 Å². The fourth-order valence-corrected chi connectivity index (χ4v) is 12.3. The Bertz CT molecular complexity index is 2770. The molecule has 0 saturated carbocycles. The van der Waals surface area contributed by atoms with Gasteiger partial charge in [0.2, 0.25) is 23.6 Å². The number of aliphatic hydroxyl groups is 14. The van der Waals surface area contributed by atoms with Gasteiger partial charge in [0.15, 0.2) is 37.7 Å². The van der Waals surface area contributed by atoms with E-state index in [1.807, 2.05) is 0 Å². The molecule has 0 aromatic heterocycles. The lowest BCUT2D eigenvalue weighted by molar-refractivity contribution is -0.368. The van der Waals surface area contributed by atoms with Crippen molar-refractivity contribution in [3.63, 3.8) is 0 Å². The van der Waals surface area contributed by atoms with Crippen molar-refractivity contribution >= 4 is 29.5 Å². The number of benzene rings is 1. The molecule has 5 amide bonds. The molecule has 6 aliphatic rings. The molecule has 30 atom stereocenters. The summed E-state index contributed by atoms with van der Waals surface area (Å²) in [5.41, 5.74) is 0.0314. The van der Waals surface area contributed by atoms with E-state index in [1.54, 1.807) is 12.1 Å². The molecule has 556 valence electrons. The molecule has 6 aliphatic heterocycles. The van der Waals surface area contributed by atoms with E-state index in [2.05, 4.69) is 45.3 Å². The minimum absolute atomic E-state index is 0.0314. The molecule has 7 rings (SSSR count). The lowest BCUT2D eigenvalue weighted by Gasteiger charge is -2.51. The van der Waals surface area contributed by atoms with Gasteiger partial charge in [0, 0.05) is 46.1 Å². The van der Waals surface area contributed by atoms with Crippen LogP contribution in [-0.2, 0) is 71.3 Å². The number of hydrogen-bond acceptors (Lipinski definition) is 31. The van der Waals surface area contributed by atoms with Gasteiger partial charge in [-0.1, -0.05) is 32.3 Å². The zero-order valence-electron chi connectivity index (χ0n) is 55.0. The standard InChI is InChI=1S/C62H97N5O31/c1-7-8-9-10-11-12-13-14-15-19-87-32-18-16-17-31(20-32)56(85)67-39-45(78)44(77)33(21-68)91-58(39)95-52-34(22-69)92-59(40(47(52)80)64-28(4)73)96-53-35(23-70)93-60(41(48(53)81)65-29(5)74)97-54-36(24-71)94-61(42(49(54)82)66-30(6)75)98-55-37(90-57(86)38(46(55)79)63-27(3)72)25-88-62-51(84)50(83)43(76)26(2)89-62/h16-18,20,26,33-55,57-62,68-71,76-84,86H,7-11,14-15,19,21-25H2,1-6H3,(H,63,72)(H,64,73)(H,65,74)(H,66,75)(H,67,85)/t26?,33?,34?,35?,36?,37?,38-,39-,40?,41-,42?,43+,44+,45?,46+,47?,48+,49?,50?,51+,52+,53?,54+,55?,57+,58-,59?,60-,61?,62+/m0/s1. The highest BCUT2D eigenvalue weighted by atomic mass is 16.8. The number of unbranched alkanes of at least 4 members (excludes halogenated alkanes) is 5. The smallest absolute Gasteiger partial charge is 0.251 e.